The number of aromatic nitrogens is 2. The second kappa shape index (κ2) is 8.09. The molecule has 0 bridgehead atoms. The zero-order chi connectivity index (χ0) is 22.2. The molecule has 1 saturated carbocycles. The van der Waals surface area contributed by atoms with Crippen molar-refractivity contribution in [3.8, 4) is 11.5 Å². The molecule has 1 aliphatic rings. The van der Waals surface area contributed by atoms with Crippen LogP contribution in [0.2, 0.25) is 0 Å². The molecule has 2 aromatic heterocycles. The fraction of sp³-hybridized carbons (Fsp3) is 0.435. The van der Waals surface area contributed by atoms with Crippen LogP contribution < -0.4 is 14.8 Å². The number of nitrogens with one attached hydrogen (secondary N) is 1. The fourth-order valence-corrected chi connectivity index (χ4v) is 3.62. The van der Waals surface area contributed by atoms with Crippen LogP contribution in [0.15, 0.2) is 28.9 Å². The average Bonchev–Trinajstić information content (AvgIpc) is 3.39. The van der Waals surface area contributed by atoms with Crippen molar-refractivity contribution in [2.45, 2.75) is 38.6 Å². The highest BCUT2D eigenvalue weighted by Crippen LogP contribution is 2.40. The van der Waals surface area contributed by atoms with E-state index in [-0.39, 0.29) is 11.4 Å². The summed E-state index contributed by atoms with van der Waals surface area (Å²) >= 11 is 0. The second-order valence-electron chi connectivity index (χ2n) is 8.29. The van der Waals surface area contributed by atoms with Gasteiger partial charge in [0.2, 0.25) is 5.71 Å². The van der Waals surface area contributed by atoms with E-state index < -0.39 is 0 Å². The molecule has 164 valence electrons. The SMILES string of the molecule is COc1ccc(CCN(C)C(=O)c2c(C)oc3ncnc(NC4(C)CC4)c23)cc1OC. The first-order chi connectivity index (χ1) is 14.8. The Labute approximate surface area is 181 Å². The monoisotopic (exact) mass is 424 g/mol. The van der Waals surface area contributed by atoms with Crippen molar-refractivity contribution < 1.29 is 18.7 Å². The van der Waals surface area contributed by atoms with Crippen molar-refractivity contribution in [1.29, 1.82) is 0 Å². The number of carbonyl (C=O) groups is 1. The molecule has 1 N–H and O–H groups in total. The van der Waals surface area contributed by atoms with Crippen molar-refractivity contribution in [3.05, 3.63) is 41.4 Å². The lowest BCUT2D eigenvalue weighted by Crippen LogP contribution is -2.29. The molecule has 0 atom stereocenters. The smallest absolute Gasteiger partial charge is 0.257 e. The van der Waals surface area contributed by atoms with Crippen LogP contribution in [0.5, 0.6) is 11.5 Å². The van der Waals surface area contributed by atoms with Crippen molar-refractivity contribution in [3.63, 3.8) is 0 Å². The van der Waals surface area contributed by atoms with Crippen LogP contribution in [0.3, 0.4) is 0 Å². The van der Waals surface area contributed by atoms with E-state index in [0.717, 1.165) is 18.4 Å². The summed E-state index contributed by atoms with van der Waals surface area (Å²) in [5.74, 6) is 2.43. The summed E-state index contributed by atoms with van der Waals surface area (Å²) in [5, 5.41) is 4.11. The van der Waals surface area contributed by atoms with E-state index >= 15 is 0 Å². The molecule has 0 radical (unpaired) electrons. The van der Waals surface area contributed by atoms with Gasteiger partial charge in [0.15, 0.2) is 11.5 Å². The predicted octanol–water partition coefficient (Wildman–Crippen LogP) is 3.83. The Balaban J connectivity index is 1.55. The topological polar surface area (TPSA) is 89.7 Å². The third-order valence-electron chi connectivity index (χ3n) is 5.83. The van der Waals surface area contributed by atoms with Gasteiger partial charge in [-0.25, -0.2) is 9.97 Å². The molecule has 0 unspecified atom stereocenters. The number of benzene rings is 1. The number of hydrogen-bond donors (Lipinski definition) is 1. The van der Waals surface area contributed by atoms with E-state index in [1.165, 1.54) is 6.33 Å². The quantitative estimate of drug-likeness (QED) is 0.588. The van der Waals surface area contributed by atoms with Gasteiger partial charge in [-0.3, -0.25) is 4.79 Å². The number of rotatable bonds is 8. The number of amides is 1. The number of furan rings is 1. The zero-order valence-corrected chi connectivity index (χ0v) is 18.6. The summed E-state index contributed by atoms with van der Waals surface area (Å²) in [7, 11) is 5.01. The molecule has 2 heterocycles. The molecule has 4 rings (SSSR count). The third kappa shape index (κ3) is 4.15. The summed E-state index contributed by atoms with van der Waals surface area (Å²) in [4.78, 5) is 23.7. The van der Waals surface area contributed by atoms with Crippen LogP contribution in [0.1, 0.15) is 41.4 Å². The molecule has 0 saturated heterocycles. The van der Waals surface area contributed by atoms with E-state index in [1.54, 1.807) is 33.1 Å². The van der Waals surface area contributed by atoms with E-state index in [1.807, 2.05) is 18.2 Å². The van der Waals surface area contributed by atoms with Crippen LogP contribution in [0, 0.1) is 6.92 Å². The molecule has 8 heteroatoms. The molecule has 8 nitrogen and oxygen atoms in total. The van der Waals surface area contributed by atoms with Crippen molar-refractivity contribution in [2.75, 3.05) is 33.1 Å². The number of ether oxygens (including phenoxy) is 2. The minimum absolute atomic E-state index is 0.0199. The minimum atomic E-state index is -0.115. The average molecular weight is 425 g/mol. The standard InChI is InChI=1S/C23H28N4O4/c1-14-18(19-20(26-23(2)9-10-23)24-13-25-21(19)31-14)22(28)27(3)11-8-15-6-7-16(29-4)17(12-15)30-5/h6-7,12-13H,8-11H2,1-5H3,(H,24,25,26). The van der Waals surface area contributed by atoms with Gasteiger partial charge in [0.1, 0.15) is 17.9 Å². The van der Waals surface area contributed by atoms with Gasteiger partial charge in [-0.15, -0.1) is 0 Å². The van der Waals surface area contributed by atoms with Gasteiger partial charge in [-0.1, -0.05) is 6.07 Å². The largest absolute Gasteiger partial charge is 0.493 e. The summed E-state index contributed by atoms with van der Waals surface area (Å²) in [6.45, 7) is 4.47. The minimum Gasteiger partial charge on any atom is -0.493 e. The number of carbonyl (C=O) groups excluding carboxylic acids is 1. The summed E-state index contributed by atoms with van der Waals surface area (Å²) in [6.07, 6.45) is 4.29. The molecule has 0 aliphatic heterocycles. The van der Waals surface area contributed by atoms with Crippen molar-refractivity contribution in [1.82, 2.24) is 14.9 Å². The number of anilines is 1. The lowest BCUT2D eigenvalue weighted by atomic mass is 10.1. The van der Waals surface area contributed by atoms with Crippen LogP contribution >= 0.6 is 0 Å². The fourth-order valence-electron chi connectivity index (χ4n) is 3.62. The Morgan fingerprint density at radius 3 is 2.65 bits per heavy atom. The highest BCUT2D eigenvalue weighted by atomic mass is 16.5. The lowest BCUT2D eigenvalue weighted by Gasteiger charge is -2.18. The number of aryl methyl sites for hydroxylation is 1. The van der Waals surface area contributed by atoms with Gasteiger partial charge in [-0.2, -0.15) is 0 Å². The Morgan fingerprint density at radius 1 is 1.23 bits per heavy atom. The zero-order valence-electron chi connectivity index (χ0n) is 18.6. The maximum absolute atomic E-state index is 13.4. The summed E-state index contributed by atoms with van der Waals surface area (Å²) < 4.78 is 16.5. The predicted molar refractivity (Wildman–Crippen MR) is 118 cm³/mol. The van der Waals surface area contributed by atoms with E-state index in [9.17, 15) is 4.79 Å². The van der Waals surface area contributed by atoms with Crippen LogP contribution in [-0.2, 0) is 6.42 Å². The Hall–Kier alpha value is -3.29. The Morgan fingerprint density at radius 2 is 1.97 bits per heavy atom. The third-order valence-corrected chi connectivity index (χ3v) is 5.83. The normalized spacial score (nSPS) is 14.4. The van der Waals surface area contributed by atoms with Gasteiger partial charge >= 0.3 is 0 Å². The molecule has 1 aromatic carbocycles. The highest BCUT2D eigenvalue weighted by Gasteiger charge is 2.38. The molecule has 1 amide bonds. The van der Waals surface area contributed by atoms with Crippen molar-refractivity contribution >= 4 is 22.8 Å². The maximum atomic E-state index is 13.4. The van der Waals surface area contributed by atoms with Gasteiger partial charge in [0.25, 0.3) is 5.91 Å². The van der Waals surface area contributed by atoms with Gasteiger partial charge in [0.05, 0.1) is 25.2 Å². The van der Waals surface area contributed by atoms with Gasteiger partial charge in [-0.05, 0) is 50.8 Å². The number of hydrogen-bond acceptors (Lipinski definition) is 7. The molecular formula is C23H28N4O4. The molecular weight excluding hydrogens is 396 g/mol. The van der Waals surface area contributed by atoms with E-state index in [2.05, 4.69) is 22.2 Å². The second-order valence-corrected chi connectivity index (χ2v) is 8.29. The van der Waals surface area contributed by atoms with E-state index in [4.69, 9.17) is 13.9 Å². The van der Waals surface area contributed by atoms with Gasteiger partial charge < -0.3 is 24.1 Å². The first kappa shape index (κ1) is 21.0. The molecule has 1 aliphatic carbocycles. The van der Waals surface area contributed by atoms with Crippen LogP contribution in [0.25, 0.3) is 11.1 Å². The van der Waals surface area contributed by atoms with Gasteiger partial charge in [0, 0.05) is 19.1 Å². The maximum Gasteiger partial charge on any atom is 0.257 e. The van der Waals surface area contributed by atoms with E-state index in [0.29, 0.717) is 52.7 Å². The molecule has 0 spiro atoms. The molecule has 1 fully saturated rings. The number of likely N-dealkylation sites (N-methyl/N-ethyl adjacent to an activating group) is 1. The van der Waals surface area contributed by atoms with Crippen LogP contribution in [-0.4, -0.2) is 54.1 Å². The lowest BCUT2D eigenvalue weighted by molar-refractivity contribution is 0.0796. The Bertz CT molecular complexity index is 1120. The highest BCUT2D eigenvalue weighted by molar-refractivity contribution is 6.10. The summed E-state index contributed by atoms with van der Waals surface area (Å²) in [5.41, 5.74) is 2.01. The number of nitrogens with zero attached hydrogens (tertiary/aromatic N) is 3. The number of fused-ring (bicyclic) bond motifs is 1. The molecule has 3 aromatic rings. The van der Waals surface area contributed by atoms with Crippen molar-refractivity contribution in [2.24, 2.45) is 0 Å². The van der Waals surface area contributed by atoms with Crippen LogP contribution in [0.4, 0.5) is 5.82 Å². The summed E-state index contributed by atoms with van der Waals surface area (Å²) in [6, 6.07) is 5.78. The Kier molecular flexibility index (Phi) is 5.47. The number of methoxy groups -OCH3 is 2. The first-order valence-corrected chi connectivity index (χ1v) is 10.3. The first-order valence-electron chi connectivity index (χ1n) is 10.3. The molecule has 31 heavy (non-hydrogen) atoms.